The highest BCUT2D eigenvalue weighted by Gasteiger charge is 2.31. The summed E-state index contributed by atoms with van der Waals surface area (Å²) in [4.78, 5) is 19.7. The van der Waals surface area contributed by atoms with E-state index >= 15 is 0 Å². The molecule has 3 aromatic rings. The lowest BCUT2D eigenvalue weighted by Gasteiger charge is -2.30. The Morgan fingerprint density at radius 3 is 2.64 bits per heavy atom. The summed E-state index contributed by atoms with van der Waals surface area (Å²) in [5, 5.41) is 0.823. The van der Waals surface area contributed by atoms with Gasteiger partial charge in [0.2, 0.25) is 5.91 Å². The second-order valence-electron chi connectivity index (χ2n) is 6.69. The first-order valence-corrected chi connectivity index (χ1v) is 9.81. The van der Waals surface area contributed by atoms with Crippen LogP contribution >= 0.6 is 11.3 Å². The van der Waals surface area contributed by atoms with Gasteiger partial charge in [-0.15, -0.1) is 0 Å². The standard InChI is InChI=1S/C21H22N2OS/c1-2-15-11-12-18-19(13-15)25-21(22-18)23(20(24)17-9-6-10-17)14-16-7-4-3-5-8-16/h3-5,7-8,11-13,17H,2,6,9-10,14H2,1H3. The van der Waals surface area contributed by atoms with Crippen molar-refractivity contribution < 1.29 is 4.79 Å². The lowest BCUT2D eigenvalue weighted by Crippen LogP contribution is -2.38. The predicted octanol–water partition coefficient (Wildman–Crippen LogP) is 5.19. The third kappa shape index (κ3) is 3.31. The third-order valence-electron chi connectivity index (χ3n) is 4.98. The number of aryl methyl sites for hydroxylation is 1. The van der Waals surface area contributed by atoms with E-state index in [0.717, 1.165) is 46.6 Å². The first-order chi connectivity index (χ1) is 12.2. The molecule has 1 aliphatic carbocycles. The van der Waals surface area contributed by atoms with Gasteiger partial charge >= 0.3 is 0 Å². The normalized spacial score (nSPS) is 14.4. The Bertz CT molecular complexity index is 883. The van der Waals surface area contributed by atoms with E-state index in [9.17, 15) is 4.79 Å². The number of benzene rings is 2. The van der Waals surface area contributed by atoms with Gasteiger partial charge < -0.3 is 0 Å². The minimum absolute atomic E-state index is 0.168. The van der Waals surface area contributed by atoms with Gasteiger partial charge in [-0.2, -0.15) is 0 Å². The second kappa shape index (κ2) is 6.96. The van der Waals surface area contributed by atoms with Crippen molar-refractivity contribution in [3.8, 4) is 0 Å². The minimum Gasteiger partial charge on any atom is -0.283 e. The molecule has 4 rings (SSSR count). The number of nitrogens with zero attached hydrogens (tertiary/aromatic N) is 2. The number of amides is 1. The molecule has 1 aliphatic rings. The molecule has 2 aromatic carbocycles. The van der Waals surface area contributed by atoms with E-state index in [0.29, 0.717) is 6.54 Å². The van der Waals surface area contributed by atoms with Crippen LogP contribution in [0.1, 0.15) is 37.3 Å². The van der Waals surface area contributed by atoms with Crippen LogP contribution < -0.4 is 4.90 Å². The van der Waals surface area contributed by atoms with Crippen LogP contribution in [0.5, 0.6) is 0 Å². The van der Waals surface area contributed by atoms with Gasteiger partial charge in [-0.3, -0.25) is 9.69 Å². The number of hydrogen-bond acceptors (Lipinski definition) is 3. The number of fused-ring (bicyclic) bond motifs is 1. The van der Waals surface area contributed by atoms with Gasteiger partial charge in [0.1, 0.15) is 0 Å². The molecule has 25 heavy (non-hydrogen) atoms. The molecule has 1 fully saturated rings. The van der Waals surface area contributed by atoms with Gasteiger partial charge in [0.05, 0.1) is 16.8 Å². The Kier molecular flexibility index (Phi) is 4.53. The minimum atomic E-state index is 0.168. The lowest BCUT2D eigenvalue weighted by atomic mass is 9.84. The summed E-state index contributed by atoms with van der Waals surface area (Å²) < 4.78 is 1.16. The zero-order chi connectivity index (χ0) is 17.2. The van der Waals surface area contributed by atoms with Crippen LogP contribution in [0, 0.1) is 5.92 Å². The van der Waals surface area contributed by atoms with Gasteiger partial charge in [-0.05, 0) is 42.5 Å². The molecule has 3 nitrogen and oxygen atoms in total. The second-order valence-corrected chi connectivity index (χ2v) is 7.70. The Labute approximate surface area is 152 Å². The van der Waals surface area contributed by atoms with E-state index in [1.54, 1.807) is 11.3 Å². The van der Waals surface area contributed by atoms with Gasteiger partial charge in [-0.1, -0.05) is 61.1 Å². The van der Waals surface area contributed by atoms with Crippen molar-refractivity contribution in [3.63, 3.8) is 0 Å². The topological polar surface area (TPSA) is 33.2 Å². The number of aromatic nitrogens is 1. The summed E-state index contributed by atoms with van der Waals surface area (Å²) >= 11 is 1.63. The number of carbonyl (C=O) groups excluding carboxylic acids is 1. The maximum Gasteiger partial charge on any atom is 0.232 e. The summed E-state index contributed by atoms with van der Waals surface area (Å²) in [6.45, 7) is 2.75. The molecule has 0 bridgehead atoms. The number of thiazole rings is 1. The molecular weight excluding hydrogens is 328 g/mol. The number of anilines is 1. The molecule has 0 spiro atoms. The quantitative estimate of drug-likeness (QED) is 0.634. The molecule has 0 N–H and O–H groups in total. The van der Waals surface area contributed by atoms with Crippen molar-refractivity contribution in [1.82, 2.24) is 4.98 Å². The molecule has 0 radical (unpaired) electrons. The molecule has 1 aromatic heterocycles. The van der Waals surface area contributed by atoms with E-state index in [1.807, 2.05) is 23.1 Å². The first-order valence-electron chi connectivity index (χ1n) is 8.99. The van der Waals surface area contributed by atoms with Crippen LogP contribution in [-0.4, -0.2) is 10.9 Å². The summed E-state index contributed by atoms with van der Waals surface area (Å²) in [7, 11) is 0. The largest absolute Gasteiger partial charge is 0.283 e. The Morgan fingerprint density at radius 1 is 1.16 bits per heavy atom. The molecule has 4 heteroatoms. The van der Waals surface area contributed by atoms with Gasteiger partial charge in [0.25, 0.3) is 0 Å². The van der Waals surface area contributed by atoms with Crippen molar-refractivity contribution in [2.24, 2.45) is 5.92 Å². The SMILES string of the molecule is CCc1ccc2nc(N(Cc3ccccc3)C(=O)C3CCC3)sc2c1. The van der Waals surface area contributed by atoms with E-state index in [4.69, 9.17) is 4.98 Å². The van der Waals surface area contributed by atoms with Crippen molar-refractivity contribution in [1.29, 1.82) is 0 Å². The summed E-state index contributed by atoms with van der Waals surface area (Å²) in [5.41, 5.74) is 3.43. The molecule has 1 amide bonds. The monoisotopic (exact) mass is 350 g/mol. The Hall–Kier alpha value is -2.20. The molecule has 0 atom stereocenters. The zero-order valence-electron chi connectivity index (χ0n) is 14.4. The van der Waals surface area contributed by atoms with Gasteiger partial charge in [-0.25, -0.2) is 4.98 Å². The average Bonchev–Trinajstić information content (AvgIpc) is 3.01. The number of carbonyl (C=O) groups is 1. The van der Waals surface area contributed by atoms with Crippen molar-refractivity contribution in [3.05, 3.63) is 59.7 Å². The zero-order valence-corrected chi connectivity index (χ0v) is 15.3. The Morgan fingerprint density at radius 2 is 1.96 bits per heavy atom. The van der Waals surface area contributed by atoms with E-state index < -0.39 is 0 Å². The summed E-state index contributed by atoms with van der Waals surface area (Å²) in [6, 6.07) is 16.6. The summed E-state index contributed by atoms with van der Waals surface area (Å²) in [6.07, 6.45) is 4.19. The smallest absolute Gasteiger partial charge is 0.232 e. The van der Waals surface area contributed by atoms with Crippen LogP contribution in [0.15, 0.2) is 48.5 Å². The molecule has 0 aliphatic heterocycles. The number of rotatable bonds is 5. The van der Waals surface area contributed by atoms with Crippen molar-refractivity contribution >= 4 is 32.6 Å². The van der Waals surface area contributed by atoms with Crippen LogP contribution in [0.25, 0.3) is 10.2 Å². The van der Waals surface area contributed by atoms with E-state index in [1.165, 1.54) is 5.56 Å². The van der Waals surface area contributed by atoms with Crippen molar-refractivity contribution in [2.75, 3.05) is 4.90 Å². The predicted molar refractivity (Wildman–Crippen MR) is 104 cm³/mol. The molecule has 0 saturated heterocycles. The number of hydrogen-bond donors (Lipinski definition) is 0. The lowest BCUT2D eigenvalue weighted by molar-refractivity contribution is -0.124. The highest BCUT2D eigenvalue weighted by molar-refractivity contribution is 7.22. The maximum atomic E-state index is 13.0. The highest BCUT2D eigenvalue weighted by atomic mass is 32.1. The maximum absolute atomic E-state index is 13.0. The Balaban J connectivity index is 1.70. The molecular formula is C21H22N2OS. The molecule has 0 unspecified atom stereocenters. The molecule has 1 saturated carbocycles. The van der Waals surface area contributed by atoms with Crippen molar-refractivity contribution in [2.45, 2.75) is 39.2 Å². The first kappa shape index (κ1) is 16.3. The fourth-order valence-electron chi connectivity index (χ4n) is 3.17. The van der Waals surface area contributed by atoms with E-state index in [2.05, 4.69) is 37.3 Å². The van der Waals surface area contributed by atoms with E-state index in [-0.39, 0.29) is 11.8 Å². The van der Waals surface area contributed by atoms with Crippen LogP contribution in [0.3, 0.4) is 0 Å². The van der Waals surface area contributed by atoms with Crippen LogP contribution in [-0.2, 0) is 17.8 Å². The van der Waals surface area contributed by atoms with Crippen LogP contribution in [0.4, 0.5) is 5.13 Å². The molecule has 1 heterocycles. The fourth-order valence-corrected chi connectivity index (χ4v) is 4.21. The van der Waals surface area contributed by atoms with Crippen LogP contribution in [0.2, 0.25) is 0 Å². The van der Waals surface area contributed by atoms with Gasteiger partial charge in [0, 0.05) is 5.92 Å². The average molecular weight is 350 g/mol. The fraction of sp³-hybridized carbons (Fsp3) is 0.333. The molecule has 128 valence electrons. The highest BCUT2D eigenvalue weighted by Crippen LogP contribution is 2.35. The van der Waals surface area contributed by atoms with Gasteiger partial charge in [0.15, 0.2) is 5.13 Å². The third-order valence-corrected chi connectivity index (χ3v) is 6.03. The summed E-state index contributed by atoms with van der Waals surface area (Å²) in [5.74, 6) is 0.395.